The van der Waals surface area contributed by atoms with Gasteiger partial charge >= 0.3 is 0 Å². The molecule has 6 heteroatoms. The van der Waals surface area contributed by atoms with E-state index >= 15 is 0 Å². The van der Waals surface area contributed by atoms with E-state index in [0.717, 1.165) is 18.2 Å². The molecule has 0 aliphatic rings. The van der Waals surface area contributed by atoms with Crippen molar-refractivity contribution < 1.29 is 13.6 Å². The van der Waals surface area contributed by atoms with E-state index in [1.54, 1.807) is 0 Å². The Labute approximate surface area is 106 Å². The number of carbonyl (C=O) groups excluding carboxylic acids is 1. The van der Waals surface area contributed by atoms with Gasteiger partial charge in [0.25, 0.3) is 5.91 Å². The highest BCUT2D eigenvalue weighted by Gasteiger charge is 2.10. The number of benzene rings is 1. The predicted octanol–water partition coefficient (Wildman–Crippen LogP) is 3.27. The minimum absolute atomic E-state index is 0.0675. The van der Waals surface area contributed by atoms with Gasteiger partial charge in [0, 0.05) is 17.8 Å². The van der Waals surface area contributed by atoms with Gasteiger partial charge in [-0.05, 0) is 24.3 Å². The van der Waals surface area contributed by atoms with Crippen LogP contribution in [0.25, 0.3) is 0 Å². The zero-order valence-corrected chi connectivity index (χ0v) is 9.71. The normalized spacial score (nSPS) is 10.2. The highest BCUT2D eigenvalue weighted by atomic mass is 35.5. The summed E-state index contributed by atoms with van der Waals surface area (Å²) in [7, 11) is 0. The second kappa shape index (κ2) is 5.10. The molecule has 0 aliphatic heterocycles. The molecule has 1 aromatic carbocycles. The molecule has 2 rings (SSSR count). The van der Waals surface area contributed by atoms with E-state index < -0.39 is 17.7 Å². The monoisotopic (exact) mass is 268 g/mol. The lowest BCUT2D eigenvalue weighted by atomic mass is 10.2. The van der Waals surface area contributed by atoms with Crippen molar-refractivity contribution in [2.75, 3.05) is 5.32 Å². The van der Waals surface area contributed by atoms with Crippen LogP contribution in [0, 0.1) is 11.8 Å². The van der Waals surface area contributed by atoms with Crippen molar-refractivity contribution in [2.24, 2.45) is 0 Å². The summed E-state index contributed by atoms with van der Waals surface area (Å²) >= 11 is 5.75. The Morgan fingerprint density at radius 3 is 2.67 bits per heavy atom. The van der Waals surface area contributed by atoms with E-state index in [1.807, 2.05) is 0 Å². The summed E-state index contributed by atoms with van der Waals surface area (Å²) in [6, 6.07) is 5.91. The number of amides is 1. The molecule has 0 bridgehead atoms. The zero-order valence-electron chi connectivity index (χ0n) is 8.95. The van der Waals surface area contributed by atoms with Crippen LogP contribution in [0.5, 0.6) is 0 Å². The molecule has 2 aromatic rings. The van der Waals surface area contributed by atoms with E-state index in [9.17, 15) is 13.6 Å². The van der Waals surface area contributed by atoms with Gasteiger partial charge in [-0.2, -0.15) is 4.39 Å². The van der Waals surface area contributed by atoms with E-state index in [1.165, 1.54) is 18.3 Å². The largest absolute Gasteiger partial charge is 0.321 e. The Balaban J connectivity index is 2.21. The van der Waals surface area contributed by atoms with Gasteiger partial charge in [0.1, 0.15) is 5.82 Å². The topological polar surface area (TPSA) is 42.0 Å². The molecular formula is C12H7ClF2N2O. The first-order valence-electron chi connectivity index (χ1n) is 4.94. The Morgan fingerprint density at radius 2 is 2.00 bits per heavy atom. The van der Waals surface area contributed by atoms with Crippen LogP contribution in [0.4, 0.5) is 14.5 Å². The molecular weight excluding hydrogens is 262 g/mol. The van der Waals surface area contributed by atoms with Gasteiger partial charge in [-0.25, -0.2) is 9.37 Å². The first-order chi connectivity index (χ1) is 8.56. The predicted molar refractivity (Wildman–Crippen MR) is 63.6 cm³/mol. The average molecular weight is 269 g/mol. The van der Waals surface area contributed by atoms with Gasteiger partial charge < -0.3 is 5.32 Å². The molecule has 0 spiro atoms. The van der Waals surface area contributed by atoms with Crippen LogP contribution in [-0.4, -0.2) is 10.9 Å². The molecule has 0 aliphatic carbocycles. The third kappa shape index (κ3) is 2.81. The van der Waals surface area contributed by atoms with Gasteiger partial charge in [-0.15, -0.1) is 0 Å². The lowest BCUT2D eigenvalue weighted by Crippen LogP contribution is -2.12. The Hall–Kier alpha value is -2.01. The number of rotatable bonds is 2. The minimum atomic E-state index is -0.757. The fraction of sp³-hybridized carbons (Fsp3) is 0. The van der Waals surface area contributed by atoms with Crippen molar-refractivity contribution in [2.45, 2.75) is 0 Å². The molecule has 0 saturated heterocycles. The summed E-state index contributed by atoms with van der Waals surface area (Å²) in [6.07, 6.45) is 1.18. The summed E-state index contributed by atoms with van der Waals surface area (Å²) in [5, 5.41) is 2.52. The summed E-state index contributed by atoms with van der Waals surface area (Å²) in [5.41, 5.74) is 0.350. The number of hydrogen-bond acceptors (Lipinski definition) is 2. The number of aromatic nitrogens is 1. The van der Waals surface area contributed by atoms with E-state index in [-0.39, 0.29) is 16.3 Å². The van der Waals surface area contributed by atoms with Crippen LogP contribution in [0.15, 0.2) is 36.5 Å². The first-order valence-corrected chi connectivity index (χ1v) is 5.32. The number of anilines is 1. The molecule has 1 amide bonds. The Morgan fingerprint density at radius 1 is 1.22 bits per heavy atom. The molecule has 3 nitrogen and oxygen atoms in total. The number of nitrogens with zero attached hydrogens (tertiary/aromatic N) is 1. The molecule has 0 radical (unpaired) electrons. The molecule has 0 fully saturated rings. The minimum Gasteiger partial charge on any atom is -0.321 e. The highest BCUT2D eigenvalue weighted by molar-refractivity contribution is 6.33. The van der Waals surface area contributed by atoms with Gasteiger partial charge in [-0.1, -0.05) is 11.6 Å². The van der Waals surface area contributed by atoms with Crippen LogP contribution >= 0.6 is 11.6 Å². The molecule has 0 atom stereocenters. The molecule has 92 valence electrons. The summed E-state index contributed by atoms with van der Waals surface area (Å²) < 4.78 is 25.6. The first kappa shape index (κ1) is 12.4. The van der Waals surface area contributed by atoms with Crippen molar-refractivity contribution in [3.05, 3.63) is 58.9 Å². The third-order valence-electron chi connectivity index (χ3n) is 2.17. The molecule has 0 unspecified atom stereocenters. The second-order valence-corrected chi connectivity index (χ2v) is 3.85. The van der Waals surface area contributed by atoms with E-state index in [0.29, 0.717) is 0 Å². The summed E-state index contributed by atoms with van der Waals surface area (Å²) in [5.74, 6) is -1.81. The molecule has 1 heterocycles. The SMILES string of the molecule is O=C(Nc1ccc(F)cc1Cl)c1ccnc(F)c1. The molecule has 18 heavy (non-hydrogen) atoms. The van der Waals surface area contributed by atoms with Crippen LogP contribution in [0.2, 0.25) is 5.02 Å². The number of halogens is 3. The number of hydrogen-bond donors (Lipinski definition) is 1. The van der Waals surface area contributed by atoms with Crippen molar-refractivity contribution in [3.8, 4) is 0 Å². The lowest BCUT2D eigenvalue weighted by Gasteiger charge is -2.07. The third-order valence-corrected chi connectivity index (χ3v) is 2.48. The molecule has 0 saturated carbocycles. The van der Waals surface area contributed by atoms with Crippen molar-refractivity contribution in [3.63, 3.8) is 0 Å². The van der Waals surface area contributed by atoms with Crippen LogP contribution < -0.4 is 5.32 Å². The Bertz CT molecular complexity index is 604. The standard InChI is InChI=1S/C12H7ClF2N2O/c13-9-6-8(14)1-2-10(9)17-12(18)7-3-4-16-11(15)5-7/h1-6H,(H,17,18). The maximum absolute atomic E-state index is 12.8. The van der Waals surface area contributed by atoms with Crippen LogP contribution in [-0.2, 0) is 0 Å². The number of carbonyl (C=O) groups is 1. The van der Waals surface area contributed by atoms with Gasteiger partial charge in [-0.3, -0.25) is 4.79 Å². The summed E-state index contributed by atoms with van der Waals surface area (Å²) in [4.78, 5) is 15.1. The smallest absolute Gasteiger partial charge is 0.255 e. The van der Waals surface area contributed by atoms with E-state index in [4.69, 9.17) is 11.6 Å². The number of pyridine rings is 1. The van der Waals surface area contributed by atoms with Gasteiger partial charge in [0.05, 0.1) is 10.7 Å². The van der Waals surface area contributed by atoms with Gasteiger partial charge in [0.15, 0.2) is 0 Å². The second-order valence-electron chi connectivity index (χ2n) is 3.45. The van der Waals surface area contributed by atoms with E-state index in [2.05, 4.69) is 10.3 Å². The zero-order chi connectivity index (χ0) is 13.1. The molecule has 1 aromatic heterocycles. The van der Waals surface area contributed by atoms with Crippen LogP contribution in [0.1, 0.15) is 10.4 Å². The fourth-order valence-corrected chi connectivity index (χ4v) is 1.54. The number of nitrogens with one attached hydrogen (secondary N) is 1. The maximum Gasteiger partial charge on any atom is 0.255 e. The quantitative estimate of drug-likeness (QED) is 0.850. The average Bonchev–Trinajstić information content (AvgIpc) is 2.32. The van der Waals surface area contributed by atoms with Crippen molar-refractivity contribution in [1.82, 2.24) is 4.98 Å². The van der Waals surface area contributed by atoms with Crippen molar-refractivity contribution in [1.29, 1.82) is 0 Å². The molecule has 1 N–H and O–H groups in total. The summed E-state index contributed by atoms with van der Waals surface area (Å²) in [6.45, 7) is 0. The maximum atomic E-state index is 12.8. The van der Waals surface area contributed by atoms with Crippen LogP contribution in [0.3, 0.4) is 0 Å². The Kier molecular flexibility index (Phi) is 3.53. The highest BCUT2D eigenvalue weighted by Crippen LogP contribution is 2.22. The van der Waals surface area contributed by atoms with Gasteiger partial charge in [0.2, 0.25) is 5.95 Å². The fourth-order valence-electron chi connectivity index (χ4n) is 1.33. The lowest BCUT2D eigenvalue weighted by molar-refractivity contribution is 0.102. The van der Waals surface area contributed by atoms with Crippen molar-refractivity contribution >= 4 is 23.2 Å².